The summed E-state index contributed by atoms with van der Waals surface area (Å²) in [6, 6.07) is 8.90. The van der Waals surface area contributed by atoms with Crippen LogP contribution in [-0.2, 0) is 10.1 Å². The Kier molecular flexibility index (Phi) is 4.53. The van der Waals surface area contributed by atoms with Crippen molar-refractivity contribution < 1.29 is 9.59 Å². The Morgan fingerprint density at radius 1 is 1.35 bits per heavy atom. The number of amides is 3. The largest absolute Gasteiger partial charge is 0.325 e. The summed E-state index contributed by atoms with van der Waals surface area (Å²) in [6.07, 6.45) is 3.83. The van der Waals surface area contributed by atoms with E-state index in [1.54, 1.807) is 0 Å². The van der Waals surface area contributed by atoms with Crippen molar-refractivity contribution in [2.45, 2.75) is 12.2 Å². The third-order valence-electron chi connectivity index (χ3n) is 3.28. The van der Waals surface area contributed by atoms with E-state index in [2.05, 4.69) is 16.9 Å². The van der Waals surface area contributed by atoms with Gasteiger partial charge in [0.15, 0.2) is 5.28 Å². The van der Waals surface area contributed by atoms with Gasteiger partial charge in [0, 0.05) is 13.1 Å². The number of rotatable bonds is 6. The van der Waals surface area contributed by atoms with E-state index in [9.17, 15) is 9.59 Å². The zero-order valence-electron chi connectivity index (χ0n) is 11.4. The summed E-state index contributed by atoms with van der Waals surface area (Å²) in [7, 11) is 0.559. The zero-order chi connectivity index (χ0) is 14.6. The van der Waals surface area contributed by atoms with E-state index in [1.165, 1.54) is 4.90 Å². The van der Waals surface area contributed by atoms with E-state index in [0.29, 0.717) is 21.3 Å². The van der Waals surface area contributed by atoms with Gasteiger partial charge in [-0.2, -0.15) is 0 Å². The number of nitrogens with zero attached hydrogens (tertiary/aromatic N) is 1. The van der Waals surface area contributed by atoms with Crippen molar-refractivity contribution in [1.29, 1.82) is 0 Å². The van der Waals surface area contributed by atoms with Crippen LogP contribution in [0.5, 0.6) is 0 Å². The van der Waals surface area contributed by atoms with Crippen LogP contribution in [0.15, 0.2) is 30.3 Å². The van der Waals surface area contributed by atoms with Gasteiger partial charge < -0.3 is 10.6 Å². The second kappa shape index (κ2) is 6.16. The van der Waals surface area contributed by atoms with Gasteiger partial charge in [-0.25, -0.2) is 4.79 Å². The van der Waals surface area contributed by atoms with Crippen molar-refractivity contribution >= 4 is 26.4 Å². The lowest BCUT2D eigenvalue weighted by Crippen LogP contribution is -2.40. The molecule has 1 aliphatic heterocycles. The number of urea groups is 1. The van der Waals surface area contributed by atoms with Crippen LogP contribution in [0, 0.1) is 0 Å². The number of nitrogens with one attached hydrogen (secondary N) is 2. The number of carbonyl (C=O) groups excluding carboxylic acids is 2. The lowest BCUT2D eigenvalue weighted by atomic mass is 10.1. The van der Waals surface area contributed by atoms with Crippen LogP contribution in [0.2, 0.25) is 0 Å². The molecule has 0 radical (unpaired) electrons. The second-order valence-electron chi connectivity index (χ2n) is 4.48. The third-order valence-corrected chi connectivity index (χ3v) is 4.31. The minimum Gasteiger partial charge on any atom is -0.315 e. The molecule has 1 aromatic carbocycles. The van der Waals surface area contributed by atoms with Gasteiger partial charge in [-0.1, -0.05) is 51.8 Å². The standard InChI is InChI=1S/C14H18N3O2P/c1-3-15-9-10-17-12(18)14(20-2,16-13(17)19)11-7-5-4-6-8-11/h4-8,15H,2-3,9-10H2,1H3,(H,16,19). The topological polar surface area (TPSA) is 61.4 Å². The molecule has 0 spiro atoms. The SMILES string of the molecule is C=PC1(c2ccccc2)NC(=O)N(CCNCC)C1=O. The highest BCUT2D eigenvalue weighted by atomic mass is 31.1. The van der Waals surface area contributed by atoms with E-state index in [4.69, 9.17) is 0 Å². The average Bonchev–Trinajstić information content (AvgIpc) is 2.73. The number of imide groups is 1. The minimum absolute atomic E-state index is 0.233. The van der Waals surface area contributed by atoms with Gasteiger partial charge in [0.1, 0.15) is 0 Å². The Morgan fingerprint density at radius 3 is 2.65 bits per heavy atom. The predicted octanol–water partition coefficient (Wildman–Crippen LogP) is 1.38. The molecule has 0 aliphatic carbocycles. The van der Waals surface area contributed by atoms with Crippen LogP contribution in [0.4, 0.5) is 4.79 Å². The molecule has 2 rings (SSSR count). The lowest BCUT2D eigenvalue weighted by molar-refractivity contribution is -0.128. The molecule has 5 nitrogen and oxygen atoms in total. The summed E-state index contributed by atoms with van der Waals surface area (Å²) in [6.45, 7) is 3.74. The van der Waals surface area contributed by atoms with Crippen molar-refractivity contribution in [2.75, 3.05) is 19.6 Å². The molecule has 1 heterocycles. The maximum atomic E-state index is 12.6. The van der Waals surface area contributed by atoms with E-state index in [0.717, 1.165) is 12.1 Å². The fourth-order valence-corrected chi connectivity index (χ4v) is 2.97. The van der Waals surface area contributed by atoms with E-state index in [1.807, 2.05) is 37.3 Å². The maximum absolute atomic E-state index is 12.6. The highest BCUT2D eigenvalue weighted by Crippen LogP contribution is 2.37. The van der Waals surface area contributed by atoms with Gasteiger partial charge >= 0.3 is 6.03 Å². The molecule has 1 fully saturated rings. The van der Waals surface area contributed by atoms with Crippen LogP contribution >= 0.6 is 8.20 Å². The molecule has 2 N–H and O–H groups in total. The van der Waals surface area contributed by atoms with Crippen LogP contribution in [-0.4, -0.2) is 42.8 Å². The summed E-state index contributed by atoms with van der Waals surface area (Å²) in [4.78, 5) is 25.9. The second-order valence-corrected chi connectivity index (χ2v) is 5.46. The molecule has 0 saturated carbocycles. The number of likely N-dealkylation sites (N-methyl/N-ethyl adjacent to an activating group) is 1. The molecule has 1 atom stereocenters. The monoisotopic (exact) mass is 291 g/mol. The molecule has 1 aromatic rings. The number of hydrogen-bond acceptors (Lipinski definition) is 3. The first-order valence-electron chi connectivity index (χ1n) is 6.54. The fourth-order valence-electron chi connectivity index (χ4n) is 2.21. The normalized spacial score (nSPS) is 22.4. The highest BCUT2D eigenvalue weighted by Gasteiger charge is 2.50. The Balaban J connectivity index is 2.26. The average molecular weight is 291 g/mol. The molecule has 3 amide bonds. The van der Waals surface area contributed by atoms with Crippen LogP contribution in [0.3, 0.4) is 0 Å². The van der Waals surface area contributed by atoms with Crippen molar-refractivity contribution in [3.63, 3.8) is 0 Å². The van der Waals surface area contributed by atoms with E-state index >= 15 is 0 Å². The number of benzene rings is 1. The van der Waals surface area contributed by atoms with Crippen molar-refractivity contribution in [3.8, 4) is 0 Å². The van der Waals surface area contributed by atoms with Crippen molar-refractivity contribution in [1.82, 2.24) is 15.5 Å². The van der Waals surface area contributed by atoms with Gasteiger partial charge in [-0.05, 0) is 12.1 Å². The molecular formula is C14H18N3O2P. The molecule has 20 heavy (non-hydrogen) atoms. The summed E-state index contributed by atoms with van der Waals surface area (Å²) >= 11 is 0. The molecule has 1 unspecified atom stereocenters. The Bertz CT molecular complexity index is 520. The fraction of sp³-hybridized carbons (Fsp3) is 0.357. The smallest absolute Gasteiger partial charge is 0.315 e. The maximum Gasteiger partial charge on any atom is 0.325 e. The Morgan fingerprint density at radius 2 is 2.05 bits per heavy atom. The minimum atomic E-state index is -1.05. The van der Waals surface area contributed by atoms with Crippen LogP contribution < -0.4 is 10.6 Å². The van der Waals surface area contributed by atoms with Crippen LogP contribution in [0.25, 0.3) is 0 Å². The summed E-state index contributed by atoms with van der Waals surface area (Å²) < 4.78 is 0. The Hall–Kier alpha value is -1.71. The van der Waals surface area contributed by atoms with E-state index in [-0.39, 0.29) is 11.9 Å². The van der Waals surface area contributed by atoms with Gasteiger partial charge in [-0.15, -0.1) is 0 Å². The molecular weight excluding hydrogens is 273 g/mol. The quantitative estimate of drug-likeness (QED) is 0.473. The van der Waals surface area contributed by atoms with Crippen LogP contribution in [0.1, 0.15) is 12.5 Å². The third kappa shape index (κ3) is 2.47. The summed E-state index contributed by atoms with van der Waals surface area (Å²) in [5.41, 5.74) is 0.765. The number of carbonyl (C=O) groups is 2. The molecule has 6 heteroatoms. The molecule has 1 saturated heterocycles. The first kappa shape index (κ1) is 14.7. The van der Waals surface area contributed by atoms with Gasteiger partial charge in [0.2, 0.25) is 0 Å². The first-order valence-corrected chi connectivity index (χ1v) is 7.62. The van der Waals surface area contributed by atoms with Gasteiger partial charge in [0.05, 0.1) is 0 Å². The number of hydrogen-bond donors (Lipinski definition) is 2. The first-order chi connectivity index (χ1) is 9.65. The molecule has 106 valence electrons. The van der Waals surface area contributed by atoms with E-state index < -0.39 is 5.28 Å². The molecule has 1 aliphatic rings. The molecule has 0 bridgehead atoms. The highest BCUT2D eigenvalue weighted by molar-refractivity contribution is 7.39. The predicted molar refractivity (Wildman–Crippen MR) is 80.9 cm³/mol. The molecule has 0 aromatic heterocycles. The Labute approximate surface area is 120 Å². The lowest BCUT2D eigenvalue weighted by Gasteiger charge is -2.22. The summed E-state index contributed by atoms with van der Waals surface area (Å²) in [5, 5.41) is 4.85. The summed E-state index contributed by atoms with van der Waals surface area (Å²) in [5.74, 6) is -0.233. The van der Waals surface area contributed by atoms with Gasteiger partial charge in [-0.3, -0.25) is 9.69 Å². The van der Waals surface area contributed by atoms with Crippen molar-refractivity contribution in [3.05, 3.63) is 35.9 Å². The zero-order valence-corrected chi connectivity index (χ0v) is 12.3. The van der Waals surface area contributed by atoms with Gasteiger partial charge in [0.25, 0.3) is 5.91 Å². The van der Waals surface area contributed by atoms with Crippen molar-refractivity contribution in [2.24, 2.45) is 0 Å².